The van der Waals surface area contributed by atoms with Crippen molar-refractivity contribution in [1.82, 2.24) is 20.9 Å². The lowest BCUT2D eigenvalue weighted by Crippen LogP contribution is -2.58. The lowest BCUT2D eigenvalue weighted by Gasteiger charge is -2.23. The van der Waals surface area contributed by atoms with E-state index in [1.165, 1.54) is 0 Å². The molecule has 2 aromatic rings. The SMILES string of the molecule is NC(=O)CC(NC(=O)C(CC(=O)O)NC(=O)C(CC(=O)O)NC(=O)C(N)Cc1c[nH]c2ccccc12)C(=O)O. The lowest BCUT2D eigenvalue weighted by molar-refractivity contribution is -0.145. The molecule has 16 nitrogen and oxygen atoms in total. The van der Waals surface area contributed by atoms with Crippen LogP contribution in [0, 0.1) is 0 Å². The number of rotatable bonds is 15. The first-order valence-electron chi connectivity index (χ1n) is 11.4. The number of aromatic amines is 1. The van der Waals surface area contributed by atoms with E-state index < -0.39 is 85.0 Å². The molecule has 4 unspecified atom stereocenters. The highest BCUT2D eigenvalue weighted by Gasteiger charge is 2.33. The van der Waals surface area contributed by atoms with Crippen LogP contribution in [0.5, 0.6) is 0 Å². The smallest absolute Gasteiger partial charge is 0.326 e. The Bertz CT molecular complexity index is 1280. The van der Waals surface area contributed by atoms with Gasteiger partial charge in [0.1, 0.15) is 18.1 Å². The molecule has 0 saturated heterocycles. The molecule has 11 N–H and O–H groups in total. The van der Waals surface area contributed by atoms with E-state index in [0.717, 1.165) is 10.9 Å². The molecular weight excluding hydrogens is 520 g/mol. The molecule has 1 aromatic carbocycles. The van der Waals surface area contributed by atoms with Crippen molar-refractivity contribution in [3.05, 3.63) is 36.0 Å². The Morgan fingerprint density at radius 1 is 0.769 bits per heavy atom. The Morgan fingerprint density at radius 3 is 1.79 bits per heavy atom. The molecule has 1 heterocycles. The van der Waals surface area contributed by atoms with E-state index in [4.69, 9.17) is 21.7 Å². The minimum atomic E-state index is -1.89. The van der Waals surface area contributed by atoms with Gasteiger partial charge in [-0.25, -0.2) is 4.79 Å². The first-order chi connectivity index (χ1) is 18.3. The zero-order valence-electron chi connectivity index (χ0n) is 20.4. The summed E-state index contributed by atoms with van der Waals surface area (Å²) in [6.45, 7) is 0. The van der Waals surface area contributed by atoms with Crippen LogP contribution in [0.4, 0.5) is 0 Å². The van der Waals surface area contributed by atoms with Gasteiger partial charge in [0.2, 0.25) is 23.6 Å². The molecular formula is C23H28N6O10. The van der Waals surface area contributed by atoms with E-state index in [1.807, 2.05) is 22.8 Å². The van der Waals surface area contributed by atoms with E-state index in [1.54, 1.807) is 18.3 Å². The van der Waals surface area contributed by atoms with Crippen LogP contribution in [0.2, 0.25) is 0 Å². The van der Waals surface area contributed by atoms with Crippen LogP contribution in [-0.4, -0.2) is 86.0 Å². The molecule has 1 aromatic heterocycles. The summed E-state index contributed by atoms with van der Waals surface area (Å²) in [7, 11) is 0. The maximum Gasteiger partial charge on any atom is 0.326 e. The zero-order chi connectivity index (χ0) is 29.3. The van der Waals surface area contributed by atoms with Gasteiger partial charge >= 0.3 is 17.9 Å². The van der Waals surface area contributed by atoms with Crippen molar-refractivity contribution in [1.29, 1.82) is 0 Å². The molecule has 0 bridgehead atoms. The molecule has 0 spiro atoms. The van der Waals surface area contributed by atoms with Gasteiger partial charge in [0.05, 0.1) is 25.3 Å². The van der Waals surface area contributed by atoms with E-state index in [9.17, 15) is 38.7 Å². The van der Waals surface area contributed by atoms with Gasteiger partial charge < -0.3 is 47.7 Å². The molecule has 4 atom stereocenters. The average molecular weight is 549 g/mol. The van der Waals surface area contributed by atoms with E-state index in [0.29, 0.717) is 5.56 Å². The summed E-state index contributed by atoms with van der Waals surface area (Å²) in [6, 6.07) is 0.520. The van der Waals surface area contributed by atoms with Crippen LogP contribution in [0.15, 0.2) is 30.5 Å². The second-order valence-corrected chi connectivity index (χ2v) is 8.56. The molecule has 4 amide bonds. The minimum Gasteiger partial charge on any atom is -0.481 e. The van der Waals surface area contributed by atoms with Crippen LogP contribution in [0.25, 0.3) is 10.9 Å². The second-order valence-electron chi connectivity index (χ2n) is 8.56. The van der Waals surface area contributed by atoms with Crippen molar-refractivity contribution in [3.63, 3.8) is 0 Å². The molecule has 0 aliphatic carbocycles. The summed E-state index contributed by atoms with van der Waals surface area (Å²) in [6.07, 6.45) is -1.12. The molecule has 0 fully saturated rings. The van der Waals surface area contributed by atoms with Gasteiger partial charge in [-0.05, 0) is 18.1 Å². The highest BCUT2D eigenvalue weighted by molar-refractivity contribution is 5.97. The van der Waals surface area contributed by atoms with Crippen molar-refractivity contribution >= 4 is 52.4 Å². The normalized spacial score (nSPS) is 13.9. The Labute approximate surface area is 220 Å². The van der Waals surface area contributed by atoms with Crippen LogP contribution < -0.4 is 27.4 Å². The Kier molecular flexibility index (Phi) is 10.5. The number of aliphatic carboxylic acids is 3. The number of nitrogens with two attached hydrogens (primary N) is 2. The van der Waals surface area contributed by atoms with Crippen molar-refractivity contribution < 1.29 is 48.9 Å². The number of H-pyrrole nitrogens is 1. The first-order valence-corrected chi connectivity index (χ1v) is 11.4. The standard InChI is InChI=1S/C23H28N6O10/c24-12(5-10-9-26-13-4-2-1-3-11(10)13)20(35)27-14(7-18(31)32)21(36)28-15(8-19(33)34)22(37)29-16(23(38)39)6-17(25)30/h1-4,9,12,14-16,26H,5-8,24H2,(H2,25,30)(H,27,35)(H,28,36)(H,29,37)(H,31,32)(H,33,34)(H,38,39). The van der Waals surface area contributed by atoms with Gasteiger partial charge in [-0.15, -0.1) is 0 Å². The number of benzene rings is 1. The molecule has 0 aliphatic heterocycles. The fourth-order valence-corrected chi connectivity index (χ4v) is 3.62. The van der Waals surface area contributed by atoms with Crippen molar-refractivity contribution in [2.45, 2.75) is 49.9 Å². The number of fused-ring (bicyclic) bond motifs is 1. The molecule has 16 heteroatoms. The summed E-state index contributed by atoms with van der Waals surface area (Å²) in [5.74, 6) is -9.24. The number of para-hydroxylation sites is 1. The number of carbonyl (C=O) groups is 7. The number of hydrogen-bond acceptors (Lipinski definition) is 8. The quantitative estimate of drug-likeness (QED) is 0.111. The molecule has 2 rings (SSSR count). The maximum atomic E-state index is 12.8. The van der Waals surface area contributed by atoms with Crippen LogP contribution >= 0.6 is 0 Å². The lowest BCUT2D eigenvalue weighted by atomic mass is 10.0. The number of aromatic nitrogens is 1. The molecule has 210 valence electrons. The van der Waals surface area contributed by atoms with Crippen LogP contribution in [0.3, 0.4) is 0 Å². The number of carboxylic acid groups (broad SMARTS) is 3. The van der Waals surface area contributed by atoms with Gasteiger partial charge in [-0.1, -0.05) is 18.2 Å². The first kappa shape index (κ1) is 30.2. The summed E-state index contributed by atoms with van der Waals surface area (Å²) in [5, 5.41) is 34.4. The van der Waals surface area contributed by atoms with Gasteiger partial charge in [-0.3, -0.25) is 28.8 Å². The van der Waals surface area contributed by atoms with Crippen LogP contribution in [0.1, 0.15) is 24.8 Å². The summed E-state index contributed by atoms with van der Waals surface area (Å²) < 4.78 is 0. The third-order valence-electron chi connectivity index (χ3n) is 5.49. The monoisotopic (exact) mass is 548 g/mol. The van der Waals surface area contributed by atoms with E-state index in [2.05, 4.69) is 10.3 Å². The van der Waals surface area contributed by atoms with E-state index >= 15 is 0 Å². The second kappa shape index (κ2) is 13.5. The summed E-state index contributed by atoms with van der Waals surface area (Å²) in [5.41, 5.74) is 12.4. The zero-order valence-corrected chi connectivity index (χ0v) is 20.4. The topological polar surface area (TPSA) is 284 Å². The maximum absolute atomic E-state index is 12.8. The summed E-state index contributed by atoms with van der Waals surface area (Å²) >= 11 is 0. The third kappa shape index (κ3) is 9.12. The average Bonchev–Trinajstić information content (AvgIpc) is 3.24. The van der Waals surface area contributed by atoms with Gasteiger partial charge in [0, 0.05) is 17.1 Å². The highest BCUT2D eigenvalue weighted by atomic mass is 16.4. The number of hydrogen-bond donors (Lipinski definition) is 9. The molecule has 0 aliphatic rings. The van der Waals surface area contributed by atoms with Gasteiger partial charge in [0.15, 0.2) is 0 Å². The number of carboxylic acids is 3. The molecule has 39 heavy (non-hydrogen) atoms. The van der Waals surface area contributed by atoms with Crippen molar-refractivity contribution in [2.75, 3.05) is 0 Å². The fourth-order valence-electron chi connectivity index (χ4n) is 3.62. The minimum absolute atomic E-state index is 0.0255. The Balaban J connectivity index is 2.15. The molecule has 0 radical (unpaired) electrons. The fraction of sp³-hybridized carbons (Fsp3) is 0.348. The van der Waals surface area contributed by atoms with Crippen molar-refractivity contribution in [3.8, 4) is 0 Å². The predicted molar refractivity (Wildman–Crippen MR) is 132 cm³/mol. The predicted octanol–water partition coefficient (Wildman–Crippen LogP) is -2.60. The highest BCUT2D eigenvalue weighted by Crippen LogP contribution is 2.18. The van der Waals surface area contributed by atoms with E-state index in [-0.39, 0.29) is 6.42 Å². The van der Waals surface area contributed by atoms with Gasteiger partial charge in [0.25, 0.3) is 0 Å². The Morgan fingerprint density at radius 2 is 1.28 bits per heavy atom. The van der Waals surface area contributed by atoms with Gasteiger partial charge in [-0.2, -0.15) is 0 Å². The molecule has 0 saturated carbocycles. The van der Waals surface area contributed by atoms with Crippen molar-refractivity contribution in [2.24, 2.45) is 11.5 Å². The number of amides is 4. The number of primary amides is 1. The number of nitrogens with one attached hydrogen (secondary N) is 4. The summed E-state index contributed by atoms with van der Waals surface area (Å²) in [4.78, 5) is 86.0. The number of carbonyl (C=O) groups excluding carboxylic acids is 4. The van der Waals surface area contributed by atoms with Crippen LogP contribution in [-0.2, 0) is 40.0 Å². The third-order valence-corrected chi connectivity index (χ3v) is 5.49. The Hall–Kier alpha value is -4.99. The largest absolute Gasteiger partial charge is 0.481 e.